The van der Waals surface area contributed by atoms with Crippen LogP contribution in [0.1, 0.15) is 20.5 Å². The maximum absolute atomic E-state index is 12.1. The monoisotopic (exact) mass is 529 g/mol. The highest BCUT2D eigenvalue weighted by Gasteiger charge is 2.19. The summed E-state index contributed by atoms with van der Waals surface area (Å²) in [6.45, 7) is 5.15. The molecular weight excluding hydrogens is 505 g/mol. The zero-order valence-corrected chi connectivity index (χ0v) is 20.1. The van der Waals surface area contributed by atoms with Gasteiger partial charge in [-0.1, -0.05) is 0 Å². The van der Waals surface area contributed by atoms with Crippen LogP contribution in [0.25, 0.3) is 0 Å². The van der Waals surface area contributed by atoms with Gasteiger partial charge in [0, 0.05) is 30.9 Å². The number of halogens is 1. The molecule has 7 nitrogen and oxygen atoms in total. The molecule has 0 atom stereocenters. The number of sulfonamides is 1. The Hall–Kier alpha value is -0.760. The van der Waals surface area contributed by atoms with Gasteiger partial charge in [-0.15, -0.1) is 46.7 Å². The molecule has 0 unspecified atom stereocenters. The number of aryl methyl sites for hydroxylation is 2. The standard InChI is InChI=1S/C15H23N5O2S3.HI/c1-10-13(23-11(2)19-10)9-18-15(16-3)17-8-12-6-7-14(24-12)25(21,22)20(4)5;/h6-7H,8-9H2,1-5H3,(H2,16,17,18);1H. The molecular formula is C15H24IN5O2S3. The Morgan fingerprint density at radius 1 is 1.19 bits per heavy atom. The first-order chi connectivity index (χ1) is 11.7. The zero-order valence-electron chi connectivity index (χ0n) is 15.4. The van der Waals surface area contributed by atoms with Gasteiger partial charge in [-0.25, -0.2) is 17.7 Å². The van der Waals surface area contributed by atoms with E-state index in [9.17, 15) is 8.42 Å². The van der Waals surface area contributed by atoms with Gasteiger partial charge in [0.05, 0.1) is 23.8 Å². The van der Waals surface area contributed by atoms with Gasteiger partial charge in [-0.2, -0.15) is 0 Å². The number of hydrogen-bond donors (Lipinski definition) is 2. The number of aromatic nitrogens is 1. The maximum Gasteiger partial charge on any atom is 0.252 e. The molecule has 0 saturated heterocycles. The number of aliphatic imine (C=N–C) groups is 1. The summed E-state index contributed by atoms with van der Waals surface area (Å²) in [7, 11) is 1.39. The fourth-order valence-electron chi connectivity index (χ4n) is 2.06. The number of guanidine groups is 1. The van der Waals surface area contributed by atoms with Crippen LogP contribution in [0.2, 0.25) is 0 Å². The Bertz CT molecular complexity index is 859. The Labute approximate surface area is 180 Å². The van der Waals surface area contributed by atoms with Crippen molar-refractivity contribution in [2.24, 2.45) is 4.99 Å². The molecule has 0 amide bonds. The molecule has 0 aliphatic carbocycles. The molecule has 11 heteroatoms. The topological polar surface area (TPSA) is 86.7 Å². The molecule has 0 spiro atoms. The minimum absolute atomic E-state index is 0. The third kappa shape index (κ3) is 5.87. The summed E-state index contributed by atoms with van der Waals surface area (Å²) in [4.78, 5) is 10.7. The van der Waals surface area contributed by atoms with Crippen LogP contribution in [-0.2, 0) is 23.1 Å². The third-order valence-corrected chi connectivity index (χ3v) is 7.88. The molecule has 2 aromatic rings. The van der Waals surface area contributed by atoms with Crippen molar-refractivity contribution in [2.45, 2.75) is 31.1 Å². The van der Waals surface area contributed by atoms with Crippen molar-refractivity contribution in [1.29, 1.82) is 0 Å². The second-order valence-electron chi connectivity index (χ2n) is 5.53. The quantitative estimate of drug-likeness (QED) is 0.341. The summed E-state index contributed by atoms with van der Waals surface area (Å²) in [6, 6.07) is 3.45. The molecule has 2 N–H and O–H groups in total. The van der Waals surface area contributed by atoms with Crippen LogP contribution in [0, 0.1) is 13.8 Å². The van der Waals surface area contributed by atoms with Crippen LogP contribution in [-0.4, -0.2) is 44.8 Å². The van der Waals surface area contributed by atoms with Crippen LogP contribution < -0.4 is 10.6 Å². The highest BCUT2D eigenvalue weighted by atomic mass is 127. The van der Waals surface area contributed by atoms with E-state index in [1.165, 1.54) is 34.6 Å². The van der Waals surface area contributed by atoms with Gasteiger partial charge < -0.3 is 10.6 Å². The predicted molar refractivity (Wildman–Crippen MR) is 119 cm³/mol. The summed E-state index contributed by atoms with van der Waals surface area (Å²) >= 11 is 2.92. The van der Waals surface area contributed by atoms with Gasteiger partial charge in [-0.05, 0) is 26.0 Å². The number of thiazole rings is 1. The van der Waals surface area contributed by atoms with Crippen molar-refractivity contribution in [3.05, 3.63) is 32.6 Å². The van der Waals surface area contributed by atoms with Crippen LogP contribution in [0.4, 0.5) is 0 Å². The molecule has 2 rings (SSSR count). The largest absolute Gasteiger partial charge is 0.352 e. The fraction of sp³-hybridized carbons (Fsp3) is 0.467. The van der Waals surface area contributed by atoms with Crippen LogP contribution in [0.5, 0.6) is 0 Å². The number of nitrogens with zero attached hydrogens (tertiary/aromatic N) is 3. The normalized spacial score (nSPS) is 12.2. The molecule has 0 aliphatic heterocycles. The molecule has 0 saturated carbocycles. The van der Waals surface area contributed by atoms with Gasteiger partial charge >= 0.3 is 0 Å². The summed E-state index contributed by atoms with van der Waals surface area (Å²) in [5, 5.41) is 7.50. The lowest BCUT2D eigenvalue weighted by molar-refractivity contribution is 0.523. The lowest BCUT2D eigenvalue weighted by Gasteiger charge is -2.11. The van der Waals surface area contributed by atoms with E-state index in [4.69, 9.17) is 0 Å². The summed E-state index contributed by atoms with van der Waals surface area (Å²) < 4.78 is 25.8. The second kappa shape index (κ2) is 9.97. The lowest BCUT2D eigenvalue weighted by atomic mass is 10.4. The van der Waals surface area contributed by atoms with E-state index >= 15 is 0 Å². The molecule has 0 aliphatic rings. The second-order valence-corrected chi connectivity index (χ2v) is 10.4. The van der Waals surface area contributed by atoms with E-state index in [-0.39, 0.29) is 24.0 Å². The van der Waals surface area contributed by atoms with E-state index in [0.29, 0.717) is 23.3 Å². The minimum Gasteiger partial charge on any atom is -0.352 e. The molecule has 0 aromatic carbocycles. The van der Waals surface area contributed by atoms with Crippen molar-refractivity contribution in [2.75, 3.05) is 21.1 Å². The number of hydrogen-bond acceptors (Lipinski definition) is 6. The Morgan fingerprint density at radius 3 is 2.38 bits per heavy atom. The third-order valence-electron chi connectivity index (χ3n) is 3.44. The predicted octanol–water partition coefficient (Wildman–Crippen LogP) is 2.55. The van der Waals surface area contributed by atoms with Gasteiger partial charge in [0.25, 0.3) is 10.0 Å². The summed E-state index contributed by atoms with van der Waals surface area (Å²) in [5.41, 5.74) is 1.03. The molecule has 0 radical (unpaired) electrons. The van der Waals surface area contributed by atoms with Crippen LogP contribution in [0.15, 0.2) is 21.3 Å². The van der Waals surface area contributed by atoms with E-state index in [1.807, 2.05) is 19.9 Å². The van der Waals surface area contributed by atoms with E-state index in [2.05, 4.69) is 20.6 Å². The highest BCUT2D eigenvalue weighted by Crippen LogP contribution is 2.23. The molecule has 2 heterocycles. The molecule has 26 heavy (non-hydrogen) atoms. The van der Waals surface area contributed by atoms with Gasteiger partial charge in [0.1, 0.15) is 4.21 Å². The fourth-order valence-corrected chi connectivity index (χ4v) is 5.41. The van der Waals surface area contributed by atoms with Crippen molar-refractivity contribution in [1.82, 2.24) is 19.9 Å². The Kier molecular flexibility index (Phi) is 8.93. The van der Waals surface area contributed by atoms with Gasteiger partial charge in [-0.3, -0.25) is 4.99 Å². The van der Waals surface area contributed by atoms with Crippen LogP contribution in [0.3, 0.4) is 0 Å². The molecule has 0 fully saturated rings. The average Bonchev–Trinajstić information content (AvgIpc) is 3.14. The Balaban J connectivity index is 0.00000338. The zero-order chi connectivity index (χ0) is 18.6. The summed E-state index contributed by atoms with van der Waals surface area (Å²) in [5.74, 6) is 0.663. The SMILES string of the molecule is CN=C(NCc1ccc(S(=O)(=O)N(C)C)s1)NCc1sc(C)nc1C.I. The van der Waals surface area contributed by atoms with Crippen molar-refractivity contribution < 1.29 is 8.42 Å². The Morgan fingerprint density at radius 2 is 1.85 bits per heavy atom. The summed E-state index contributed by atoms with van der Waals surface area (Å²) in [6.07, 6.45) is 0. The van der Waals surface area contributed by atoms with Gasteiger partial charge in [0.2, 0.25) is 0 Å². The maximum atomic E-state index is 12.1. The van der Waals surface area contributed by atoms with Crippen molar-refractivity contribution in [3.63, 3.8) is 0 Å². The number of thiophene rings is 1. The molecule has 146 valence electrons. The van der Waals surface area contributed by atoms with Gasteiger partial charge in [0.15, 0.2) is 5.96 Å². The minimum atomic E-state index is -3.38. The van der Waals surface area contributed by atoms with E-state index in [1.54, 1.807) is 24.5 Å². The van der Waals surface area contributed by atoms with Crippen molar-refractivity contribution in [3.8, 4) is 0 Å². The molecule has 2 aromatic heterocycles. The average molecular weight is 529 g/mol. The molecule has 0 bridgehead atoms. The van der Waals surface area contributed by atoms with E-state index < -0.39 is 10.0 Å². The number of nitrogens with one attached hydrogen (secondary N) is 2. The lowest BCUT2D eigenvalue weighted by Crippen LogP contribution is -2.36. The highest BCUT2D eigenvalue weighted by molar-refractivity contribution is 14.0. The first-order valence-electron chi connectivity index (χ1n) is 7.62. The smallest absolute Gasteiger partial charge is 0.252 e. The first-order valence-corrected chi connectivity index (χ1v) is 10.7. The van der Waals surface area contributed by atoms with E-state index in [0.717, 1.165) is 15.6 Å². The van der Waals surface area contributed by atoms with Crippen LogP contribution >= 0.6 is 46.7 Å². The first kappa shape index (κ1) is 23.3. The van der Waals surface area contributed by atoms with Crippen molar-refractivity contribution >= 4 is 62.6 Å². The number of rotatable bonds is 6.